The third-order valence-electron chi connectivity index (χ3n) is 4.08. The summed E-state index contributed by atoms with van der Waals surface area (Å²) in [5.41, 5.74) is 6.65. The first-order chi connectivity index (χ1) is 10.0. The molecule has 0 aliphatic carbocycles. The summed E-state index contributed by atoms with van der Waals surface area (Å²) in [4.78, 5) is 14.5. The van der Waals surface area contributed by atoms with Gasteiger partial charge in [0, 0.05) is 13.0 Å². The lowest BCUT2D eigenvalue weighted by Gasteiger charge is -2.26. The van der Waals surface area contributed by atoms with Gasteiger partial charge in [0.15, 0.2) is 0 Å². The fourth-order valence-electron chi connectivity index (χ4n) is 2.68. The van der Waals surface area contributed by atoms with Crippen LogP contribution in [0.2, 0.25) is 0 Å². The average molecular weight is 290 g/mol. The van der Waals surface area contributed by atoms with Crippen molar-refractivity contribution in [1.82, 2.24) is 0 Å². The van der Waals surface area contributed by atoms with Crippen molar-refractivity contribution in [3.8, 4) is 5.75 Å². The van der Waals surface area contributed by atoms with E-state index in [1.807, 2.05) is 29.2 Å². The van der Waals surface area contributed by atoms with Gasteiger partial charge in [0.1, 0.15) is 5.75 Å². The zero-order chi connectivity index (χ0) is 15.3. The highest BCUT2D eigenvalue weighted by Gasteiger charge is 2.24. The molecule has 0 unspecified atom stereocenters. The molecule has 1 amide bonds. The van der Waals surface area contributed by atoms with Gasteiger partial charge in [-0.3, -0.25) is 4.79 Å². The summed E-state index contributed by atoms with van der Waals surface area (Å²) in [7, 11) is 0. The largest absolute Gasteiger partial charge is 0.491 e. The van der Waals surface area contributed by atoms with Gasteiger partial charge < -0.3 is 15.4 Å². The number of carbonyl (C=O) groups excluding carboxylic acids is 1. The lowest BCUT2D eigenvalue weighted by Crippen LogP contribution is -2.32. The van der Waals surface area contributed by atoms with Gasteiger partial charge in [0.25, 0.3) is 0 Å². The molecule has 0 spiro atoms. The summed E-state index contributed by atoms with van der Waals surface area (Å²) >= 11 is 0. The molecule has 1 aromatic rings. The molecule has 0 fully saturated rings. The van der Waals surface area contributed by atoms with Gasteiger partial charge in [-0.05, 0) is 43.4 Å². The van der Waals surface area contributed by atoms with Crippen molar-refractivity contribution in [1.29, 1.82) is 0 Å². The predicted octanol–water partition coefficient (Wildman–Crippen LogP) is 2.96. The Labute approximate surface area is 127 Å². The molecule has 4 heteroatoms. The molecule has 2 rings (SSSR count). The second kappa shape index (κ2) is 6.94. The van der Waals surface area contributed by atoms with Crippen molar-refractivity contribution in [3.05, 3.63) is 24.3 Å². The Hall–Kier alpha value is -1.55. The minimum absolute atomic E-state index is 0.117. The maximum Gasteiger partial charge on any atom is 0.227 e. The van der Waals surface area contributed by atoms with Crippen LogP contribution in [0.4, 0.5) is 5.69 Å². The van der Waals surface area contributed by atoms with Gasteiger partial charge in [-0.1, -0.05) is 26.0 Å². The highest BCUT2D eigenvalue weighted by molar-refractivity contribution is 5.95. The summed E-state index contributed by atoms with van der Waals surface area (Å²) in [6, 6.07) is 7.78. The van der Waals surface area contributed by atoms with Crippen molar-refractivity contribution in [2.45, 2.75) is 39.5 Å². The van der Waals surface area contributed by atoms with E-state index < -0.39 is 0 Å². The van der Waals surface area contributed by atoms with Crippen molar-refractivity contribution < 1.29 is 9.53 Å². The molecule has 0 saturated carbocycles. The molecular weight excluding hydrogens is 264 g/mol. The monoisotopic (exact) mass is 290 g/mol. The lowest BCUT2D eigenvalue weighted by atomic mass is 9.84. The van der Waals surface area contributed by atoms with Crippen molar-refractivity contribution in [3.63, 3.8) is 0 Å². The van der Waals surface area contributed by atoms with Crippen LogP contribution in [0.3, 0.4) is 0 Å². The second-order valence-corrected chi connectivity index (χ2v) is 6.42. The van der Waals surface area contributed by atoms with Crippen LogP contribution in [0.15, 0.2) is 24.3 Å². The molecule has 1 aliphatic rings. The SMILES string of the molecule is CC(C)(CCN)CCC(=O)N1CCCOc2ccccc21. The van der Waals surface area contributed by atoms with E-state index in [0.717, 1.165) is 37.2 Å². The molecule has 0 atom stereocenters. The number of anilines is 1. The van der Waals surface area contributed by atoms with Crippen molar-refractivity contribution in [2.75, 3.05) is 24.6 Å². The van der Waals surface area contributed by atoms with E-state index >= 15 is 0 Å². The number of benzene rings is 1. The smallest absolute Gasteiger partial charge is 0.227 e. The average Bonchev–Trinajstić information content (AvgIpc) is 2.67. The number of rotatable bonds is 5. The summed E-state index contributed by atoms with van der Waals surface area (Å²) in [6.45, 7) is 6.41. The molecule has 21 heavy (non-hydrogen) atoms. The summed E-state index contributed by atoms with van der Waals surface area (Å²) in [5, 5.41) is 0. The molecule has 0 aromatic heterocycles. The van der Waals surface area contributed by atoms with Crippen LogP contribution in [0.25, 0.3) is 0 Å². The molecule has 1 aliphatic heterocycles. The quantitative estimate of drug-likeness (QED) is 0.907. The number of para-hydroxylation sites is 2. The Kier molecular flexibility index (Phi) is 5.23. The molecule has 0 radical (unpaired) electrons. The predicted molar refractivity (Wildman–Crippen MR) is 85.6 cm³/mol. The highest BCUT2D eigenvalue weighted by atomic mass is 16.5. The van der Waals surface area contributed by atoms with Gasteiger partial charge >= 0.3 is 0 Å². The van der Waals surface area contributed by atoms with E-state index in [1.165, 1.54) is 0 Å². The molecule has 116 valence electrons. The molecule has 1 aromatic carbocycles. The Bertz CT molecular complexity index is 485. The number of amides is 1. The molecular formula is C17H26N2O2. The van der Waals surface area contributed by atoms with E-state index in [1.54, 1.807) is 0 Å². The number of nitrogens with zero attached hydrogens (tertiary/aromatic N) is 1. The van der Waals surface area contributed by atoms with Crippen LogP contribution in [-0.4, -0.2) is 25.6 Å². The maximum atomic E-state index is 12.6. The Morgan fingerprint density at radius 2 is 2.10 bits per heavy atom. The van der Waals surface area contributed by atoms with Crippen LogP contribution in [0, 0.1) is 5.41 Å². The van der Waals surface area contributed by atoms with Gasteiger partial charge in [0.2, 0.25) is 5.91 Å². The fourth-order valence-corrected chi connectivity index (χ4v) is 2.68. The minimum atomic E-state index is 0.117. The van der Waals surface area contributed by atoms with Crippen LogP contribution < -0.4 is 15.4 Å². The summed E-state index contributed by atoms with van der Waals surface area (Å²) in [5.74, 6) is 0.989. The number of nitrogens with two attached hydrogens (primary N) is 1. The Morgan fingerprint density at radius 1 is 1.33 bits per heavy atom. The first kappa shape index (κ1) is 15.8. The molecule has 0 saturated heterocycles. The van der Waals surface area contributed by atoms with Crippen LogP contribution in [-0.2, 0) is 4.79 Å². The number of hydrogen-bond donors (Lipinski definition) is 1. The van der Waals surface area contributed by atoms with E-state index in [9.17, 15) is 4.79 Å². The highest BCUT2D eigenvalue weighted by Crippen LogP contribution is 2.32. The maximum absolute atomic E-state index is 12.6. The third-order valence-corrected chi connectivity index (χ3v) is 4.08. The van der Waals surface area contributed by atoms with E-state index in [4.69, 9.17) is 10.5 Å². The van der Waals surface area contributed by atoms with Gasteiger partial charge in [-0.15, -0.1) is 0 Å². The van der Waals surface area contributed by atoms with Crippen molar-refractivity contribution in [2.24, 2.45) is 11.1 Å². The first-order valence-electron chi connectivity index (χ1n) is 7.76. The number of carbonyl (C=O) groups is 1. The molecule has 0 bridgehead atoms. The zero-order valence-electron chi connectivity index (χ0n) is 13.1. The van der Waals surface area contributed by atoms with Crippen LogP contribution in [0.5, 0.6) is 5.75 Å². The number of ether oxygens (including phenoxy) is 1. The Morgan fingerprint density at radius 3 is 2.86 bits per heavy atom. The van der Waals surface area contributed by atoms with Crippen LogP contribution >= 0.6 is 0 Å². The van der Waals surface area contributed by atoms with Gasteiger partial charge in [-0.25, -0.2) is 0 Å². The first-order valence-corrected chi connectivity index (χ1v) is 7.76. The van der Waals surface area contributed by atoms with Gasteiger partial charge in [-0.2, -0.15) is 0 Å². The minimum Gasteiger partial charge on any atom is -0.491 e. The van der Waals surface area contributed by atoms with E-state index in [2.05, 4.69) is 13.8 Å². The molecule has 1 heterocycles. The second-order valence-electron chi connectivity index (χ2n) is 6.42. The topological polar surface area (TPSA) is 55.6 Å². The summed E-state index contributed by atoms with van der Waals surface area (Å²) < 4.78 is 5.70. The van der Waals surface area contributed by atoms with E-state index in [-0.39, 0.29) is 11.3 Å². The lowest BCUT2D eigenvalue weighted by molar-refractivity contribution is -0.119. The molecule has 2 N–H and O–H groups in total. The zero-order valence-corrected chi connectivity index (χ0v) is 13.1. The van der Waals surface area contributed by atoms with Crippen molar-refractivity contribution >= 4 is 11.6 Å². The number of fused-ring (bicyclic) bond motifs is 1. The summed E-state index contributed by atoms with van der Waals surface area (Å²) in [6.07, 6.45) is 3.23. The van der Waals surface area contributed by atoms with Crippen LogP contribution in [0.1, 0.15) is 39.5 Å². The Balaban J connectivity index is 2.05. The molecule has 4 nitrogen and oxygen atoms in total. The van der Waals surface area contributed by atoms with Gasteiger partial charge in [0.05, 0.1) is 12.3 Å². The standard InChI is InChI=1S/C17H26N2O2/c1-17(2,10-11-18)9-8-16(20)19-12-5-13-21-15-7-4-3-6-14(15)19/h3-4,6-7H,5,8-13,18H2,1-2H3. The van der Waals surface area contributed by atoms with E-state index in [0.29, 0.717) is 19.6 Å². The fraction of sp³-hybridized carbons (Fsp3) is 0.588. The third kappa shape index (κ3) is 4.21. The number of hydrogen-bond acceptors (Lipinski definition) is 3. The normalized spacial score (nSPS) is 15.1.